The van der Waals surface area contributed by atoms with Crippen molar-refractivity contribution in [1.29, 1.82) is 0 Å². The second-order valence-electron chi connectivity index (χ2n) is 5.82. The quantitative estimate of drug-likeness (QED) is 0.904. The fourth-order valence-corrected chi connectivity index (χ4v) is 4.01. The highest BCUT2D eigenvalue weighted by Crippen LogP contribution is 2.20. The average Bonchev–Trinajstić information content (AvgIpc) is 3.10. The van der Waals surface area contributed by atoms with Gasteiger partial charge in [-0.2, -0.15) is 0 Å². The van der Waals surface area contributed by atoms with Gasteiger partial charge in [-0.3, -0.25) is 4.79 Å². The maximum atomic E-state index is 12.4. The van der Waals surface area contributed by atoms with Crippen LogP contribution >= 0.6 is 0 Å². The summed E-state index contributed by atoms with van der Waals surface area (Å²) < 4.78 is 30.1. The minimum atomic E-state index is -3.41. The van der Waals surface area contributed by atoms with E-state index in [0.717, 1.165) is 0 Å². The van der Waals surface area contributed by atoms with E-state index < -0.39 is 9.84 Å². The fourth-order valence-electron chi connectivity index (χ4n) is 2.66. The highest BCUT2D eigenvalue weighted by molar-refractivity contribution is 7.90. The zero-order valence-corrected chi connectivity index (χ0v) is 14.0. The van der Waals surface area contributed by atoms with E-state index in [0.29, 0.717) is 35.8 Å². The Morgan fingerprint density at radius 2 is 1.92 bits per heavy atom. The number of carbonyl (C=O) groups is 1. The molecule has 0 saturated carbocycles. The minimum Gasteiger partial charge on any atom is -0.381 e. The van der Waals surface area contributed by atoms with Crippen LogP contribution in [0.3, 0.4) is 0 Å². The van der Waals surface area contributed by atoms with Gasteiger partial charge < -0.3 is 10.1 Å². The number of amides is 1. The Hall–Kier alpha value is -2.18. The summed E-state index contributed by atoms with van der Waals surface area (Å²) in [6, 6.07) is 15.3. The van der Waals surface area contributed by atoms with Crippen molar-refractivity contribution in [2.24, 2.45) is 5.92 Å². The van der Waals surface area contributed by atoms with E-state index in [1.165, 1.54) is 0 Å². The summed E-state index contributed by atoms with van der Waals surface area (Å²) in [6.45, 7) is 1.04. The number of carbonyl (C=O) groups excluding carboxylic acids is 1. The summed E-state index contributed by atoms with van der Waals surface area (Å²) in [5, 5.41) is 2.84. The first kappa shape index (κ1) is 16.7. The van der Waals surface area contributed by atoms with E-state index in [1.807, 2.05) is 0 Å². The normalized spacial score (nSPS) is 17.6. The molecular formula is C18H19NO4S. The molecule has 1 unspecified atom stereocenters. The molecule has 2 aromatic rings. The second-order valence-corrected chi connectivity index (χ2v) is 7.81. The molecule has 2 aromatic carbocycles. The van der Waals surface area contributed by atoms with Crippen molar-refractivity contribution < 1.29 is 17.9 Å². The van der Waals surface area contributed by atoms with Crippen LogP contribution in [0.2, 0.25) is 0 Å². The van der Waals surface area contributed by atoms with Crippen LogP contribution in [0.4, 0.5) is 5.69 Å². The molecule has 24 heavy (non-hydrogen) atoms. The molecule has 1 N–H and O–H groups in total. The van der Waals surface area contributed by atoms with Gasteiger partial charge in [0.1, 0.15) is 0 Å². The Kier molecular flexibility index (Phi) is 4.97. The lowest BCUT2D eigenvalue weighted by Crippen LogP contribution is -2.22. The lowest BCUT2D eigenvalue weighted by molar-refractivity contribution is -0.119. The van der Waals surface area contributed by atoms with Crippen LogP contribution in [0.25, 0.3) is 0 Å². The lowest BCUT2D eigenvalue weighted by atomic mass is 10.1. The number of sulfone groups is 1. The molecule has 1 saturated heterocycles. The second kappa shape index (κ2) is 7.15. The predicted molar refractivity (Wildman–Crippen MR) is 91.3 cm³/mol. The van der Waals surface area contributed by atoms with Gasteiger partial charge in [-0.1, -0.05) is 30.3 Å². The van der Waals surface area contributed by atoms with Crippen LogP contribution in [0, 0.1) is 5.92 Å². The number of benzene rings is 2. The summed E-state index contributed by atoms with van der Waals surface area (Å²) >= 11 is 0. The van der Waals surface area contributed by atoms with Crippen molar-refractivity contribution in [3.63, 3.8) is 0 Å². The van der Waals surface area contributed by atoms with Gasteiger partial charge >= 0.3 is 0 Å². The van der Waals surface area contributed by atoms with Crippen LogP contribution < -0.4 is 5.32 Å². The van der Waals surface area contributed by atoms with E-state index >= 15 is 0 Å². The van der Waals surface area contributed by atoms with Crippen LogP contribution in [0.15, 0.2) is 59.5 Å². The molecule has 0 aromatic heterocycles. The van der Waals surface area contributed by atoms with Crippen molar-refractivity contribution in [3.05, 3.63) is 60.2 Å². The largest absolute Gasteiger partial charge is 0.381 e. The van der Waals surface area contributed by atoms with Crippen molar-refractivity contribution >= 4 is 21.4 Å². The summed E-state index contributed by atoms with van der Waals surface area (Å²) in [7, 11) is -3.41. The lowest BCUT2D eigenvalue weighted by Gasteiger charge is -2.11. The molecule has 0 spiro atoms. The third-order valence-electron chi connectivity index (χ3n) is 3.95. The Morgan fingerprint density at radius 3 is 2.62 bits per heavy atom. The molecule has 3 rings (SSSR count). The van der Waals surface area contributed by atoms with Gasteiger partial charge in [0.25, 0.3) is 0 Å². The van der Waals surface area contributed by atoms with Crippen molar-refractivity contribution in [2.75, 3.05) is 18.5 Å². The third kappa shape index (κ3) is 4.01. The van der Waals surface area contributed by atoms with E-state index in [9.17, 15) is 13.2 Å². The molecule has 1 aliphatic heterocycles. The number of ether oxygens (including phenoxy) is 1. The fraction of sp³-hybridized carbons (Fsp3) is 0.278. The van der Waals surface area contributed by atoms with E-state index in [4.69, 9.17) is 4.74 Å². The van der Waals surface area contributed by atoms with E-state index in [1.54, 1.807) is 54.6 Å². The molecule has 1 amide bonds. The number of nitrogens with one attached hydrogen (secondary N) is 1. The Morgan fingerprint density at radius 1 is 1.12 bits per heavy atom. The Labute approximate surface area is 141 Å². The van der Waals surface area contributed by atoms with Gasteiger partial charge in [0.05, 0.1) is 23.2 Å². The Bertz CT molecular complexity index is 812. The SMILES string of the molecule is O=C(Nc1cccc(CS(=O)(=O)c2ccccc2)c1)C1CCOC1. The number of rotatable bonds is 5. The van der Waals surface area contributed by atoms with Crippen LogP contribution in [0.1, 0.15) is 12.0 Å². The van der Waals surface area contributed by atoms with Crippen molar-refractivity contribution in [1.82, 2.24) is 0 Å². The van der Waals surface area contributed by atoms with Crippen LogP contribution in [-0.2, 0) is 25.1 Å². The standard InChI is InChI=1S/C18H19NO4S/c20-18(15-9-10-23-12-15)19-16-6-4-5-14(11-16)13-24(21,22)17-7-2-1-3-8-17/h1-8,11,15H,9-10,12-13H2,(H,19,20). The van der Waals surface area contributed by atoms with E-state index in [2.05, 4.69) is 5.32 Å². The summed E-state index contributed by atoms with van der Waals surface area (Å²) in [5.74, 6) is -0.329. The molecule has 1 heterocycles. The molecule has 126 valence electrons. The van der Waals surface area contributed by atoms with Gasteiger partial charge in [-0.15, -0.1) is 0 Å². The summed E-state index contributed by atoms with van der Waals surface area (Å²) in [5.41, 5.74) is 1.24. The summed E-state index contributed by atoms with van der Waals surface area (Å²) in [6.07, 6.45) is 0.716. The van der Waals surface area contributed by atoms with Crippen molar-refractivity contribution in [3.8, 4) is 0 Å². The highest BCUT2D eigenvalue weighted by Gasteiger charge is 2.23. The van der Waals surface area contributed by atoms with Crippen LogP contribution in [0.5, 0.6) is 0 Å². The Balaban J connectivity index is 1.72. The molecule has 1 fully saturated rings. The number of hydrogen-bond donors (Lipinski definition) is 1. The number of anilines is 1. The third-order valence-corrected chi connectivity index (χ3v) is 5.66. The molecule has 1 atom stereocenters. The molecule has 1 aliphatic rings. The highest BCUT2D eigenvalue weighted by atomic mass is 32.2. The molecule has 0 radical (unpaired) electrons. The van der Waals surface area contributed by atoms with Crippen molar-refractivity contribution in [2.45, 2.75) is 17.1 Å². The van der Waals surface area contributed by atoms with E-state index in [-0.39, 0.29) is 17.6 Å². The maximum absolute atomic E-state index is 12.4. The first-order valence-corrected chi connectivity index (χ1v) is 9.45. The summed E-state index contributed by atoms with van der Waals surface area (Å²) in [4.78, 5) is 12.4. The molecule has 6 heteroatoms. The molecular weight excluding hydrogens is 326 g/mol. The molecule has 0 bridgehead atoms. The van der Waals surface area contributed by atoms with Gasteiger partial charge in [0.2, 0.25) is 5.91 Å². The number of hydrogen-bond acceptors (Lipinski definition) is 4. The minimum absolute atomic E-state index is 0.0874. The predicted octanol–water partition coefficient (Wildman–Crippen LogP) is 2.64. The average molecular weight is 345 g/mol. The van der Waals surface area contributed by atoms with Crippen LogP contribution in [-0.4, -0.2) is 27.5 Å². The monoisotopic (exact) mass is 345 g/mol. The first-order chi connectivity index (χ1) is 11.5. The molecule has 0 aliphatic carbocycles. The van der Waals surface area contributed by atoms with Gasteiger partial charge in [-0.05, 0) is 36.2 Å². The van der Waals surface area contributed by atoms with Gasteiger partial charge in [-0.25, -0.2) is 8.42 Å². The maximum Gasteiger partial charge on any atom is 0.229 e. The zero-order chi connectivity index (χ0) is 17.0. The molecule has 5 nitrogen and oxygen atoms in total. The topological polar surface area (TPSA) is 72.5 Å². The zero-order valence-electron chi connectivity index (χ0n) is 13.1. The van der Waals surface area contributed by atoms with Gasteiger partial charge in [0, 0.05) is 12.3 Å². The smallest absolute Gasteiger partial charge is 0.229 e. The first-order valence-electron chi connectivity index (χ1n) is 7.80. The van der Waals surface area contributed by atoms with Gasteiger partial charge in [0.15, 0.2) is 9.84 Å².